The van der Waals surface area contributed by atoms with Crippen LogP contribution in [0.4, 0.5) is 0 Å². The van der Waals surface area contributed by atoms with Gasteiger partial charge < -0.3 is 4.74 Å². The summed E-state index contributed by atoms with van der Waals surface area (Å²) in [6, 6.07) is 8.15. The molecule has 0 unspecified atom stereocenters. The Kier molecular flexibility index (Phi) is 5.98. The van der Waals surface area contributed by atoms with E-state index >= 15 is 0 Å². The largest absolute Gasteiger partial charge is 0.456 e. The van der Waals surface area contributed by atoms with E-state index in [0.717, 1.165) is 4.90 Å². The SMILES string of the molecule is O=C(COC(=O)CCN1C(=O)[C@H]2CC=CC[C@@H]2C1=O)NC(=O)c1ccccc1. The van der Waals surface area contributed by atoms with Gasteiger partial charge in [0.2, 0.25) is 11.8 Å². The number of rotatable bonds is 6. The number of allylic oxidation sites excluding steroid dienone is 2. The lowest BCUT2D eigenvalue weighted by Gasteiger charge is -2.14. The van der Waals surface area contributed by atoms with Crippen molar-refractivity contribution in [2.45, 2.75) is 19.3 Å². The minimum atomic E-state index is -0.757. The summed E-state index contributed by atoms with van der Waals surface area (Å²) in [5.41, 5.74) is 0.309. The molecule has 0 spiro atoms. The number of hydrogen-bond donors (Lipinski definition) is 1. The number of likely N-dealkylation sites (tertiary alicyclic amines) is 1. The van der Waals surface area contributed by atoms with Crippen LogP contribution >= 0.6 is 0 Å². The molecule has 3 rings (SSSR count). The van der Waals surface area contributed by atoms with Crippen LogP contribution in [0.1, 0.15) is 29.6 Å². The number of nitrogens with zero attached hydrogens (tertiary/aromatic N) is 1. The van der Waals surface area contributed by atoms with E-state index < -0.39 is 24.4 Å². The average molecular weight is 384 g/mol. The van der Waals surface area contributed by atoms with Crippen LogP contribution in [-0.2, 0) is 23.9 Å². The normalized spacial score (nSPS) is 20.6. The van der Waals surface area contributed by atoms with E-state index in [-0.39, 0.29) is 36.6 Å². The molecule has 2 aliphatic rings. The van der Waals surface area contributed by atoms with E-state index in [1.165, 1.54) is 0 Å². The summed E-state index contributed by atoms with van der Waals surface area (Å²) in [5, 5.41) is 2.12. The number of carbonyl (C=O) groups is 5. The first-order valence-electron chi connectivity index (χ1n) is 9.02. The Morgan fingerprint density at radius 2 is 1.61 bits per heavy atom. The molecule has 1 aliphatic carbocycles. The van der Waals surface area contributed by atoms with Gasteiger partial charge in [-0.1, -0.05) is 30.4 Å². The zero-order valence-corrected chi connectivity index (χ0v) is 15.1. The molecule has 0 radical (unpaired) electrons. The number of imide groups is 2. The van der Waals surface area contributed by atoms with Crippen LogP contribution in [0.25, 0.3) is 0 Å². The maximum absolute atomic E-state index is 12.3. The second-order valence-electron chi connectivity index (χ2n) is 6.64. The van der Waals surface area contributed by atoms with E-state index in [1.807, 2.05) is 12.2 Å². The highest BCUT2D eigenvalue weighted by Gasteiger charge is 2.46. The fourth-order valence-electron chi connectivity index (χ4n) is 3.34. The molecule has 1 aromatic carbocycles. The van der Waals surface area contributed by atoms with Crippen LogP contribution in [0, 0.1) is 11.8 Å². The number of hydrogen-bond acceptors (Lipinski definition) is 6. The first kappa shape index (κ1) is 19.5. The molecule has 28 heavy (non-hydrogen) atoms. The third-order valence-corrected chi connectivity index (χ3v) is 4.79. The maximum atomic E-state index is 12.3. The zero-order valence-electron chi connectivity index (χ0n) is 15.1. The molecule has 8 heteroatoms. The number of benzene rings is 1. The fourth-order valence-corrected chi connectivity index (χ4v) is 3.34. The van der Waals surface area contributed by atoms with Crippen LogP contribution in [-0.4, -0.2) is 47.6 Å². The Hall–Kier alpha value is -3.29. The molecule has 1 N–H and O–H groups in total. The van der Waals surface area contributed by atoms with Crippen molar-refractivity contribution in [3.05, 3.63) is 48.0 Å². The molecule has 8 nitrogen and oxygen atoms in total. The lowest BCUT2D eigenvalue weighted by atomic mass is 9.85. The molecule has 1 fully saturated rings. The number of esters is 1. The van der Waals surface area contributed by atoms with Crippen LogP contribution in [0.15, 0.2) is 42.5 Å². The molecule has 1 aliphatic heterocycles. The predicted molar refractivity (Wildman–Crippen MR) is 96.6 cm³/mol. The molecule has 1 heterocycles. The van der Waals surface area contributed by atoms with E-state index in [9.17, 15) is 24.0 Å². The highest BCUT2D eigenvalue weighted by atomic mass is 16.5. The lowest BCUT2D eigenvalue weighted by molar-refractivity contribution is -0.149. The molecule has 4 amide bonds. The van der Waals surface area contributed by atoms with Gasteiger partial charge in [-0.05, 0) is 25.0 Å². The van der Waals surface area contributed by atoms with Gasteiger partial charge in [-0.15, -0.1) is 0 Å². The Morgan fingerprint density at radius 1 is 1.00 bits per heavy atom. The minimum Gasteiger partial charge on any atom is -0.456 e. The molecule has 1 saturated heterocycles. The van der Waals surface area contributed by atoms with Gasteiger partial charge in [-0.25, -0.2) is 0 Å². The molecule has 2 atom stereocenters. The molecular formula is C20H20N2O6. The molecule has 0 bridgehead atoms. The summed E-state index contributed by atoms with van der Waals surface area (Å²) in [6.07, 6.45) is 4.64. The van der Waals surface area contributed by atoms with Gasteiger partial charge in [-0.3, -0.25) is 34.2 Å². The monoisotopic (exact) mass is 384 g/mol. The van der Waals surface area contributed by atoms with Gasteiger partial charge in [0.25, 0.3) is 11.8 Å². The van der Waals surface area contributed by atoms with Crippen LogP contribution < -0.4 is 5.32 Å². The van der Waals surface area contributed by atoms with Crippen molar-refractivity contribution in [1.82, 2.24) is 10.2 Å². The van der Waals surface area contributed by atoms with E-state index in [0.29, 0.717) is 18.4 Å². The maximum Gasteiger partial charge on any atom is 0.308 e. The number of fused-ring (bicyclic) bond motifs is 1. The van der Waals surface area contributed by atoms with Crippen LogP contribution in [0.5, 0.6) is 0 Å². The summed E-state index contributed by atoms with van der Waals surface area (Å²) in [7, 11) is 0. The fraction of sp³-hybridized carbons (Fsp3) is 0.350. The van der Waals surface area contributed by atoms with Gasteiger partial charge in [0.05, 0.1) is 18.3 Å². The average Bonchev–Trinajstić information content (AvgIpc) is 2.96. The molecule has 1 aromatic rings. The smallest absolute Gasteiger partial charge is 0.308 e. The molecule has 0 aromatic heterocycles. The first-order valence-corrected chi connectivity index (χ1v) is 9.02. The van der Waals surface area contributed by atoms with Crippen molar-refractivity contribution in [3.8, 4) is 0 Å². The molecular weight excluding hydrogens is 364 g/mol. The van der Waals surface area contributed by atoms with E-state index in [1.54, 1.807) is 30.3 Å². The van der Waals surface area contributed by atoms with Gasteiger partial charge in [0.1, 0.15) is 0 Å². The predicted octanol–water partition coefficient (Wildman–Crippen LogP) is 0.828. The topological polar surface area (TPSA) is 110 Å². The molecule has 0 saturated carbocycles. The minimum absolute atomic E-state index is 0.0753. The van der Waals surface area contributed by atoms with Crippen molar-refractivity contribution in [3.63, 3.8) is 0 Å². The Morgan fingerprint density at radius 3 is 2.21 bits per heavy atom. The number of carbonyl (C=O) groups excluding carboxylic acids is 5. The third-order valence-electron chi connectivity index (χ3n) is 4.79. The van der Waals surface area contributed by atoms with Gasteiger partial charge in [-0.2, -0.15) is 0 Å². The quantitative estimate of drug-likeness (QED) is 0.442. The summed E-state index contributed by atoms with van der Waals surface area (Å²) in [4.78, 5) is 61.1. The van der Waals surface area contributed by atoms with Crippen LogP contribution in [0.2, 0.25) is 0 Å². The van der Waals surface area contributed by atoms with Crippen molar-refractivity contribution in [1.29, 1.82) is 0 Å². The lowest BCUT2D eigenvalue weighted by Crippen LogP contribution is -2.35. The highest BCUT2D eigenvalue weighted by Crippen LogP contribution is 2.34. The Balaban J connectivity index is 1.41. The van der Waals surface area contributed by atoms with Gasteiger partial charge in [0, 0.05) is 12.1 Å². The van der Waals surface area contributed by atoms with Crippen molar-refractivity contribution < 1.29 is 28.7 Å². The summed E-state index contributed by atoms with van der Waals surface area (Å²) in [6.45, 7) is -0.692. The summed E-state index contributed by atoms with van der Waals surface area (Å²) < 4.78 is 4.82. The Labute approximate surface area is 161 Å². The third kappa shape index (κ3) is 4.33. The second kappa shape index (κ2) is 8.60. The highest BCUT2D eigenvalue weighted by molar-refractivity contribution is 6.06. The Bertz CT molecular complexity index is 806. The molecule has 146 valence electrons. The zero-order chi connectivity index (χ0) is 20.1. The first-order chi connectivity index (χ1) is 13.5. The van der Waals surface area contributed by atoms with Gasteiger partial charge in [0.15, 0.2) is 6.61 Å². The summed E-state index contributed by atoms with van der Waals surface area (Å²) in [5.74, 6) is -3.29. The van der Waals surface area contributed by atoms with Crippen molar-refractivity contribution >= 4 is 29.6 Å². The van der Waals surface area contributed by atoms with Crippen LogP contribution in [0.3, 0.4) is 0 Å². The summed E-state index contributed by atoms with van der Waals surface area (Å²) >= 11 is 0. The number of nitrogens with one attached hydrogen (secondary N) is 1. The standard InChI is InChI=1S/C20H20N2O6/c23-16(21-18(25)13-6-2-1-3-7-13)12-28-17(24)10-11-22-19(26)14-8-4-5-9-15(14)20(22)27/h1-7,14-15H,8-12H2,(H,21,23,25)/t14-,15-/m0/s1. The van der Waals surface area contributed by atoms with Crippen molar-refractivity contribution in [2.24, 2.45) is 11.8 Å². The number of amides is 4. The van der Waals surface area contributed by atoms with E-state index in [4.69, 9.17) is 4.74 Å². The van der Waals surface area contributed by atoms with E-state index in [2.05, 4.69) is 5.32 Å². The van der Waals surface area contributed by atoms with Crippen molar-refractivity contribution in [2.75, 3.05) is 13.2 Å². The van der Waals surface area contributed by atoms with Gasteiger partial charge >= 0.3 is 5.97 Å². The number of ether oxygens (including phenoxy) is 1. The second-order valence-corrected chi connectivity index (χ2v) is 6.64.